The second-order valence-corrected chi connectivity index (χ2v) is 5.12. The van der Waals surface area contributed by atoms with Crippen molar-refractivity contribution in [2.24, 2.45) is 0 Å². The highest BCUT2D eigenvalue weighted by Crippen LogP contribution is 2.23. The topological polar surface area (TPSA) is 35.5 Å². The first-order chi connectivity index (χ1) is 10.1. The number of halogens is 2. The molecule has 0 radical (unpaired) electrons. The molecule has 0 aliphatic heterocycles. The van der Waals surface area contributed by atoms with Crippen LogP contribution in [0.5, 0.6) is 5.75 Å². The summed E-state index contributed by atoms with van der Waals surface area (Å²) in [6.45, 7) is 2.40. The molecule has 0 bridgehead atoms. The van der Waals surface area contributed by atoms with Crippen molar-refractivity contribution in [3.8, 4) is 5.75 Å². The minimum atomic E-state index is -0.368. The third-order valence-corrected chi connectivity index (χ3v) is 3.34. The number of hydrogen-bond acceptors (Lipinski definition) is 3. The predicted molar refractivity (Wildman–Crippen MR) is 83.2 cm³/mol. The maximum atomic E-state index is 11.6. The van der Waals surface area contributed by atoms with Crippen molar-refractivity contribution in [1.82, 2.24) is 0 Å². The first-order valence-corrected chi connectivity index (χ1v) is 7.19. The van der Waals surface area contributed by atoms with Crippen LogP contribution in [0.25, 0.3) is 0 Å². The molecular formula is C16H14Cl2O3. The molecule has 3 nitrogen and oxygen atoms in total. The monoisotopic (exact) mass is 324 g/mol. The molecule has 0 saturated heterocycles. The highest BCUT2D eigenvalue weighted by atomic mass is 35.5. The zero-order valence-corrected chi connectivity index (χ0v) is 12.9. The third kappa shape index (κ3) is 4.38. The molecular weight excluding hydrogens is 311 g/mol. The van der Waals surface area contributed by atoms with Gasteiger partial charge in [-0.15, -0.1) is 0 Å². The minimum Gasteiger partial charge on any atom is -0.489 e. The van der Waals surface area contributed by atoms with E-state index in [4.69, 9.17) is 32.7 Å². The van der Waals surface area contributed by atoms with E-state index in [1.165, 1.54) is 0 Å². The first kappa shape index (κ1) is 15.7. The number of carbonyl (C=O) groups is 1. The summed E-state index contributed by atoms with van der Waals surface area (Å²) in [6.07, 6.45) is 0. The van der Waals surface area contributed by atoms with E-state index in [2.05, 4.69) is 0 Å². The van der Waals surface area contributed by atoms with Gasteiger partial charge in [0, 0.05) is 15.6 Å². The average molecular weight is 325 g/mol. The Hall–Kier alpha value is -1.71. The second kappa shape index (κ2) is 7.34. The molecule has 0 atom stereocenters. The molecule has 0 aliphatic rings. The largest absolute Gasteiger partial charge is 0.489 e. The fourth-order valence-corrected chi connectivity index (χ4v) is 2.19. The van der Waals surface area contributed by atoms with Gasteiger partial charge in [-0.1, -0.05) is 35.3 Å². The SMILES string of the molecule is CCOC(=O)c1cccc(OCc2ccc(Cl)cc2Cl)c1. The molecule has 0 aromatic heterocycles. The Morgan fingerprint density at radius 1 is 1.14 bits per heavy atom. The van der Waals surface area contributed by atoms with Crippen molar-refractivity contribution in [1.29, 1.82) is 0 Å². The number of rotatable bonds is 5. The molecule has 0 amide bonds. The summed E-state index contributed by atoms with van der Waals surface area (Å²) in [5.74, 6) is 0.207. The maximum Gasteiger partial charge on any atom is 0.338 e. The predicted octanol–water partition coefficient (Wildman–Crippen LogP) is 4.75. The van der Waals surface area contributed by atoms with Gasteiger partial charge in [0.1, 0.15) is 12.4 Å². The normalized spacial score (nSPS) is 10.2. The molecule has 5 heteroatoms. The third-order valence-electron chi connectivity index (χ3n) is 2.75. The summed E-state index contributed by atoms with van der Waals surface area (Å²) in [7, 11) is 0. The average Bonchev–Trinajstić information content (AvgIpc) is 2.47. The van der Waals surface area contributed by atoms with Crippen LogP contribution < -0.4 is 4.74 Å². The van der Waals surface area contributed by atoms with E-state index < -0.39 is 0 Å². The fraction of sp³-hybridized carbons (Fsp3) is 0.188. The molecule has 0 saturated carbocycles. The van der Waals surface area contributed by atoms with Crippen molar-refractivity contribution in [2.75, 3.05) is 6.61 Å². The van der Waals surface area contributed by atoms with Crippen LogP contribution in [0, 0.1) is 0 Å². The number of carbonyl (C=O) groups excluding carboxylic acids is 1. The lowest BCUT2D eigenvalue weighted by molar-refractivity contribution is 0.0526. The summed E-state index contributed by atoms with van der Waals surface area (Å²) >= 11 is 11.9. The molecule has 0 unspecified atom stereocenters. The Morgan fingerprint density at radius 3 is 2.67 bits per heavy atom. The van der Waals surface area contributed by atoms with E-state index in [1.54, 1.807) is 49.4 Å². The van der Waals surface area contributed by atoms with Crippen LogP contribution in [-0.2, 0) is 11.3 Å². The van der Waals surface area contributed by atoms with E-state index in [1.807, 2.05) is 0 Å². The second-order valence-electron chi connectivity index (χ2n) is 4.27. The van der Waals surface area contributed by atoms with Crippen molar-refractivity contribution in [3.63, 3.8) is 0 Å². The van der Waals surface area contributed by atoms with Gasteiger partial charge in [0.05, 0.1) is 12.2 Å². The highest BCUT2D eigenvalue weighted by Gasteiger charge is 2.08. The van der Waals surface area contributed by atoms with Crippen molar-refractivity contribution < 1.29 is 14.3 Å². The summed E-state index contributed by atoms with van der Waals surface area (Å²) in [5, 5.41) is 1.12. The molecule has 0 aliphatic carbocycles. The van der Waals surface area contributed by atoms with Crippen LogP contribution in [0.2, 0.25) is 10.0 Å². The van der Waals surface area contributed by atoms with Crippen LogP contribution in [0.4, 0.5) is 0 Å². The molecule has 0 N–H and O–H groups in total. The standard InChI is InChI=1S/C16H14Cl2O3/c1-2-20-16(19)11-4-3-5-14(8-11)21-10-12-6-7-13(17)9-15(12)18/h3-9H,2,10H2,1H3. The van der Waals surface area contributed by atoms with E-state index in [-0.39, 0.29) is 5.97 Å². The fourth-order valence-electron chi connectivity index (χ4n) is 1.73. The Kier molecular flexibility index (Phi) is 5.48. The van der Waals surface area contributed by atoms with Gasteiger partial charge in [-0.2, -0.15) is 0 Å². The number of ether oxygens (including phenoxy) is 2. The number of benzene rings is 2. The van der Waals surface area contributed by atoms with Crippen LogP contribution in [0.3, 0.4) is 0 Å². The Morgan fingerprint density at radius 2 is 1.95 bits per heavy atom. The van der Waals surface area contributed by atoms with Gasteiger partial charge in [0.2, 0.25) is 0 Å². The maximum absolute atomic E-state index is 11.6. The highest BCUT2D eigenvalue weighted by molar-refractivity contribution is 6.35. The molecule has 0 spiro atoms. The van der Waals surface area contributed by atoms with Gasteiger partial charge in [-0.25, -0.2) is 4.79 Å². The zero-order valence-electron chi connectivity index (χ0n) is 11.4. The molecule has 110 valence electrons. The van der Waals surface area contributed by atoms with Gasteiger partial charge in [-0.05, 0) is 37.3 Å². The molecule has 2 aromatic carbocycles. The van der Waals surface area contributed by atoms with Crippen LogP contribution in [-0.4, -0.2) is 12.6 Å². The molecule has 2 aromatic rings. The van der Waals surface area contributed by atoms with Crippen LogP contribution in [0.1, 0.15) is 22.8 Å². The number of hydrogen-bond donors (Lipinski definition) is 0. The molecule has 0 heterocycles. The summed E-state index contributed by atoms with van der Waals surface area (Å²) in [4.78, 5) is 11.6. The zero-order chi connectivity index (χ0) is 15.2. The summed E-state index contributed by atoms with van der Waals surface area (Å²) in [6, 6.07) is 12.1. The van der Waals surface area contributed by atoms with E-state index in [0.717, 1.165) is 5.56 Å². The Labute approximate surface area is 133 Å². The lowest BCUT2D eigenvalue weighted by Gasteiger charge is -2.09. The van der Waals surface area contributed by atoms with Crippen LogP contribution >= 0.6 is 23.2 Å². The molecule has 21 heavy (non-hydrogen) atoms. The van der Waals surface area contributed by atoms with E-state index in [0.29, 0.717) is 34.6 Å². The van der Waals surface area contributed by atoms with Gasteiger partial charge < -0.3 is 9.47 Å². The van der Waals surface area contributed by atoms with Gasteiger partial charge in [0.25, 0.3) is 0 Å². The van der Waals surface area contributed by atoms with Crippen molar-refractivity contribution in [3.05, 3.63) is 63.6 Å². The number of esters is 1. The van der Waals surface area contributed by atoms with E-state index in [9.17, 15) is 4.79 Å². The smallest absolute Gasteiger partial charge is 0.338 e. The lowest BCUT2D eigenvalue weighted by atomic mass is 10.2. The van der Waals surface area contributed by atoms with E-state index >= 15 is 0 Å². The lowest BCUT2D eigenvalue weighted by Crippen LogP contribution is -2.05. The van der Waals surface area contributed by atoms with Gasteiger partial charge in [-0.3, -0.25) is 0 Å². The molecule has 0 fully saturated rings. The van der Waals surface area contributed by atoms with Crippen molar-refractivity contribution >= 4 is 29.2 Å². The first-order valence-electron chi connectivity index (χ1n) is 6.44. The Balaban J connectivity index is 2.06. The van der Waals surface area contributed by atoms with Crippen molar-refractivity contribution in [2.45, 2.75) is 13.5 Å². The Bertz CT molecular complexity index is 641. The quantitative estimate of drug-likeness (QED) is 0.744. The molecule has 2 rings (SSSR count). The summed E-state index contributed by atoms with van der Waals surface area (Å²) in [5.41, 5.74) is 1.28. The summed E-state index contributed by atoms with van der Waals surface area (Å²) < 4.78 is 10.6. The van der Waals surface area contributed by atoms with Gasteiger partial charge >= 0.3 is 5.97 Å². The van der Waals surface area contributed by atoms with Gasteiger partial charge in [0.15, 0.2) is 0 Å². The minimum absolute atomic E-state index is 0.294. The van der Waals surface area contributed by atoms with Crippen LogP contribution in [0.15, 0.2) is 42.5 Å².